The van der Waals surface area contributed by atoms with Crippen molar-refractivity contribution in [3.63, 3.8) is 0 Å². The molecule has 4 nitrogen and oxygen atoms in total. The largest absolute Gasteiger partial charge is 0.369 e. The third-order valence-electron chi connectivity index (χ3n) is 4.28. The molecule has 1 aliphatic heterocycles. The molecule has 1 saturated carbocycles. The van der Waals surface area contributed by atoms with E-state index in [2.05, 4.69) is 24.8 Å². The predicted octanol–water partition coefficient (Wildman–Crippen LogP) is 1.36. The van der Waals surface area contributed by atoms with Gasteiger partial charge in [-0.25, -0.2) is 4.99 Å². The molecule has 0 saturated heterocycles. The molecule has 2 rings (SSSR count). The predicted molar refractivity (Wildman–Crippen MR) is 71.7 cm³/mol. The van der Waals surface area contributed by atoms with E-state index in [9.17, 15) is 4.79 Å². The average molecular weight is 247 g/mol. The van der Waals surface area contributed by atoms with Crippen molar-refractivity contribution in [2.24, 2.45) is 22.6 Å². The Kier molecular flexibility index (Phi) is 3.34. The van der Waals surface area contributed by atoms with Gasteiger partial charge < -0.3 is 5.73 Å². The van der Waals surface area contributed by atoms with E-state index < -0.39 is 0 Å². The van der Waals surface area contributed by atoms with Gasteiger partial charge in [0.25, 0.3) is 0 Å². The number of hydrogen-bond donors (Lipinski definition) is 1. The molecule has 4 heteroatoms. The van der Waals surface area contributed by atoms with Crippen molar-refractivity contribution in [1.29, 1.82) is 0 Å². The number of carbonyl (C=O) groups excluding carboxylic acids is 1. The number of terminal acetylenes is 1. The van der Waals surface area contributed by atoms with Crippen LogP contribution in [0.3, 0.4) is 0 Å². The highest BCUT2D eigenvalue weighted by Gasteiger charge is 2.42. The highest BCUT2D eigenvalue weighted by molar-refractivity contribution is 5.99. The van der Waals surface area contributed by atoms with E-state index in [1.807, 2.05) is 0 Å². The standard InChI is InChI=1S/C14H21N3O/c1-4-10-7-11(10)9-17-12(18)8-14(5-2,6-3)16-13(17)15/h1,10-11H,5-9H2,2-3H3,(H2,15,16)/t10-,11?/m1/s1. The van der Waals surface area contributed by atoms with E-state index in [-0.39, 0.29) is 11.4 Å². The SMILES string of the molecule is C#C[C@@H]1CC1CN1C(=O)CC(CC)(CC)N=C1N. The van der Waals surface area contributed by atoms with Crippen LogP contribution in [0.4, 0.5) is 0 Å². The molecule has 0 aromatic heterocycles. The quantitative estimate of drug-likeness (QED) is 0.763. The lowest BCUT2D eigenvalue weighted by molar-refractivity contribution is -0.129. The number of aliphatic imine (C=N–C) groups is 1. The monoisotopic (exact) mass is 247 g/mol. The summed E-state index contributed by atoms with van der Waals surface area (Å²) in [5.74, 6) is 3.91. The summed E-state index contributed by atoms with van der Waals surface area (Å²) in [5.41, 5.74) is 5.68. The van der Waals surface area contributed by atoms with Crippen LogP contribution < -0.4 is 5.73 Å². The first-order chi connectivity index (χ1) is 8.55. The molecule has 0 radical (unpaired) electrons. The maximum atomic E-state index is 12.2. The number of guanidine groups is 1. The van der Waals surface area contributed by atoms with Crippen LogP contribution in [-0.4, -0.2) is 28.9 Å². The topological polar surface area (TPSA) is 58.7 Å². The van der Waals surface area contributed by atoms with Crippen LogP contribution >= 0.6 is 0 Å². The van der Waals surface area contributed by atoms with Crippen molar-refractivity contribution >= 4 is 11.9 Å². The van der Waals surface area contributed by atoms with Crippen LogP contribution in [0.25, 0.3) is 0 Å². The average Bonchev–Trinajstić information content (AvgIpc) is 3.12. The molecule has 0 aromatic carbocycles. The Balaban J connectivity index is 2.10. The van der Waals surface area contributed by atoms with E-state index in [1.54, 1.807) is 4.90 Å². The summed E-state index contributed by atoms with van der Waals surface area (Å²) < 4.78 is 0. The van der Waals surface area contributed by atoms with Crippen molar-refractivity contribution in [3.8, 4) is 12.3 Å². The third kappa shape index (κ3) is 2.22. The molecular formula is C14H21N3O. The zero-order chi connectivity index (χ0) is 13.3. The maximum Gasteiger partial charge on any atom is 0.231 e. The van der Waals surface area contributed by atoms with Crippen LogP contribution in [0.2, 0.25) is 0 Å². The molecular weight excluding hydrogens is 226 g/mol. The highest BCUT2D eigenvalue weighted by Crippen LogP contribution is 2.39. The molecule has 1 unspecified atom stereocenters. The van der Waals surface area contributed by atoms with Crippen LogP contribution in [-0.2, 0) is 4.79 Å². The fourth-order valence-electron chi connectivity index (χ4n) is 2.59. The van der Waals surface area contributed by atoms with Gasteiger partial charge in [-0.2, -0.15) is 0 Å². The molecule has 1 aliphatic carbocycles. The van der Waals surface area contributed by atoms with Gasteiger partial charge in [0.15, 0.2) is 5.96 Å². The normalized spacial score (nSPS) is 29.7. The minimum atomic E-state index is -0.285. The fourth-order valence-corrected chi connectivity index (χ4v) is 2.59. The summed E-state index contributed by atoms with van der Waals surface area (Å²) >= 11 is 0. The molecule has 98 valence electrons. The first-order valence-corrected chi connectivity index (χ1v) is 6.67. The third-order valence-corrected chi connectivity index (χ3v) is 4.28. The number of nitrogens with zero attached hydrogens (tertiary/aromatic N) is 2. The minimum absolute atomic E-state index is 0.0915. The Morgan fingerprint density at radius 3 is 2.67 bits per heavy atom. The Labute approximate surface area is 109 Å². The fraction of sp³-hybridized carbons (Fsp3) is 0.714. The van der Waals surface area contributed by atoms with E-state index >= 15 is 0 Å². The van der Waals surface area contributed by atoms with Crippen LogP contribution in [0.1, 0.15) is 39.5 Å². The van der Waals surface area contributed by atoms with Crippen molar-refractivity contribution < 1.29 is 4.79 Å². The van der Waals surface area contributed by atoms with Crippen LogP contribution in [0, 0.1) is 24.2 Å². The number of amides is 1. The molecule has 1 amide bonds. The number of carbonyl (C=O) groups is 1. The smallest absolute Gasteiger partial charge is 0.231 e. The van der Waals surface area contributed by atoms with Crippen molar-refractivity contribution in [2.45, 2.75) is 45.1 Å². The Bertz CT molecular complexity index is 417. The molecule has 0 bridgehead atoms. The second-order valence-electron chi connectivity index (χ2n) is 5.35. The summed E-state index contributed by atoms with van der Waals surface area (Å²) in [6.45, 7) is 4.74. The lowest BCUT2D eigenvalue weighted by Crippen LogP contribution is -2.52. The summed E-state index contributed by atoms with van der Waals surface area (Å²) in [6.07, 6.45) is 8.53. The molecule has 2 atom stereocenters. The first kappa shape index (κ1) is 12.9. The summed E-state index contributed by atoms with van der Waals surface area (Å²) in [4.78, 5) is 18.4. The number of hydrogen-bond acceptors (Lipinski definition) is 3. The molecule has 1 fully saturated rings. The number of rotatable bonds is 4. The number of nitrogens with two attached hydrogens (primary N) is 1. The van der Waals surface area contributed by atoms with Crippen LogP contribution in [0.5, 0.6) is 0 Å². The molecule has 0 spiro atoms. The van der Waals surface area contributed by atoms with E-state index in [1.165, 1.54) is 0 Å². The van der Waals surface area contributed by atoms with Gasteiger partial charge in [0.1, 0.15) is 0 Å². The molecule has 2 N–H and O–H groups in total. The van der Waals surface area contributed by atoms with Crippen LogP contribution in [0.15, 0.2) is 4.99 Å². The summed E-state index contributed by atoms with van der Waals surface area (Å²) in [7, 11) is 0. The van der Waals surface area contributed by atoms with E-state index in [0.717, 1.165) is 19.3 Å². The molecule has 18 heavy (non-hydrogen) atoms. The highest BCUT2D eigenvalue weighted by atomic mass is 16.2. The van der Waals surface area contributed by atoms with Gasteiger partial charge in [0.05, 0.1) is 12.0 Å². The van der Waals surface area contributed by atoms with E-state index in [4.69, 9.17) is 12.2 Å². The second kappa shape index (κ2) is 4.64. The van der Waals surface area contributed by atoms with Gasteiger partial charge in [-0.1, -0.05) is 13.8 Å². The van der Waals surface area contributed by atoms with Gasteiger partial charge in [-0.05, 0) is 25.2 Å². The van der Waals surface area contributed by atoms with Gasteiger partial charge in [-0.3, -0.25) is 9.69 Å². The first-order valence-electron chi connectivity index (χ1n) is 6.67. The van der Waals surface area contributed by atoms with Crippen molar-refractivity contribution in [2.75, 3.05) is 6.54 Å². The lowest BCUT2D eigenvalue weighted by atomic mass is 9.88. The van der Waals surface area contributed by atoms with Gasteiger partial charge >= 0.3 is 0 Å². The Morgan fingerprint density at radius 1 is 1.56 bits per heavy atom. The maximum absolute atomic E-state index is 12.2. The summed E-state index contributed by atoms with van der Waals surface area (Å²) in [5, 5.41) is 0. The minimum Gasteiger partial charge on any atom is -0.369 e. The zero-order valence-electron chi connectivity index (χ0n) is 11.1. The summed E-state index contributed by atoms with van der Waals surface area (Å²) in [6, 6.07) is 0. The zero-order valence-corrected chi connectivity index (χ0v) is 11.1. The van der Waals surface area contributed by atoms with Gasteiger partial charge in [-0.15, -0.1) is 12.3 Å². The van der Waals surface area contributed by atoms with Gasteiger partial charge in [0.2, 0.25) is 5.91 Å². The van der Waals surface area contributed by atoms with Gasteiger partial charge in [0, 0.05) is 12.5 Å². The second-order valence-corrected chi connectivity index (χ2v) is 5.35. The Morgan fingerprint density at radius 2 is 2.22 bits per heavy atom. The van der Waals surface area contributed by atoms with Crippen molar-refractivity contribution in [3.05, 3.63) is 0 Å². The van der Waals surface area contributed by atoms with E-state index in [0.29, 0.717) is 30.8 Å². The molecule has 2 aliphatic rings. The Hall–Kier alpha value is -1.50. The molecule has 0 aromatic rings. The lowest BCUT2D eigenvalue weighted by Gasteiger charge is -2.36. The van der Waals surface area contributed by atoms with Crippen molar-refractivity contribution in [1.82, 2.24) is 4.90 Å². The molecule has 1 heterocycles.